The topological polar surface area (TPSA) is 29.5 Å². The van der Waals surface area contributed by atoms with E-state index in [2.05, 4.69) is 0 Å². The van der Waals surface area contributed by atoms with Crippen LogP contribution < -0.4 is 0 Å². The summed E-state index contributed by atoms with van der Waals surface area (Å²) in [5.41, 5.74) is 0. The molecule has 11 heavy (non-hydrogen) atoms. The van der Waals surface area contributed by atoms with Crippen LogP contribution in [0.15, 0.2) is 0 Å². The van der Waals surface area contributed by atoms with E-state index in [1.54, 1.807) is 12.0 Å². The molecule has 0 unspecified atom stereocenters. The lowest BCUT2D eigenvalue weighted by Crippen LogP contribution is -2.33. The fourth-order valence-corrected chi connectivity index (χ4v) is 1.43. The maximum atomic E-state index is 10.2. The number of likely N-dealkylation sites (tertiary alicyclic amines) is 1. The van der Waals surface area contributed by atoms with Crippen LogP contribution in [0.3, 0.4) is 0 Å². The van der Waals surface area contributed by atoms with Crippen LogP contribution in [0.1, 0.15) is 12.8 Å². The number of piperidine rings is 1. The maximum Gasteiger partial charge on any atom is 0.312 e. The van der Waals surface area contributed by atoms with Gasteiger partial charge in [-0.3, -0.25) is 4.79 Å². The minimum atomic E-state index is 0.643. The Labute approximate surface area is 67.3 Å². The Balaban J connectivity index is 2.18. The highest BCUT2D eigenvalue weighted by atomic mass is 16.5. The van der Waals surface area contributed by atoms with Gasteiger partial charge in [-0.2, -0.15) is 0 Å². The van der Waals surface area contributed by atoms with E-state index in [1.807, 2.05) is 6.41 Å². The molecule has 1 heterocycles. The van der Waals surface area contributed by atoms with Gasteiger partial charge in [-0.05, 0) is 18.8 Å². The SMILES string of the molecule is COCC1CCN([C]=O)CC1. The predicted molar refractivity (Wildman–Crippen MR) is 41.9 cm³/mol. The van der Waals surface area contributed by atoms with E-state index in [1.165, 1.54) is 0 Å². The van der Waals surface area contributed by atoms with E-state index in [0.29, 0.717) is 5.92 Å². The molecule has 0 aromatic rings. The van der Waals surface area contributed by atoms with Crippen LogP contribution in [-0.2, 0) is 9.53 Å². The number of rotatable bonds is 3. The second-order valence-corrected chi connectivity index (χ2v) is 2.98. The summed E-state index contributed by atoms with van der Waals surface area (Å²) in [6, 6.07) is 0. The molecule has 1 amide bonds. The third-order valence-electron chi connectivity index (χ3n) is 2.15. The lowest BCUT2D eigenvalue weighted by atomic mass is 9.98. The summed E-state index contributed by atoms with van der Waals surface area (Å²) in [5, 5.41) is 0. The Morgan fingerprint density at radius 3 is 2.64 bits per heavy atom. The van der Waals surface area contributed by atoms with Gasteiger partial charge in [0, 0.05) is 26.8 Å². The predicted octanol–water partition coefficient (Wildman–Crippen LogP) is 0.412. The van der Waals surface area contributed by atoms with Crippen LogP contribution in [0.5, 0.6) is 0 Å². The van der Waals surface area contributed by atoms with Gasteiger partial charge in [0.2, 0.25) is 0 Å². The molecule has 1 aliphatic rings. The van der Waals surface area contributed by atoms with E-state index in [-0.39, 0.29) is 0 Å². The van der Waals surface area contributed by atoms with Crippen molar-refractivity contribution in [2.75, 3.05) is 26.8 Å². The summed E-state index contributed by atoms with van der Waals surface area (Å²) in [6.45, 7) is 2.52. The molecule has 1 saturated heterocycles. The van der Waals surface area contributed by atoms with Gasteiger partial charge in [0.15, 0.2) is 0 Å². The Hall–Kier alpha value is -0.570. The van der Waals surface area contributed by atoms with E-state index >= 15 is 0 Å². The van der Waals surface area contributed by atoms with Gasteiger partial charge in [0.05, 0.1) is 0 Å². The zero-order valence-electron chi connectivity index (χ0n) is 6.88. The van der Waals surface area contributed by atoms with Crippen molar-refractivity contribution < 1.29 is 9.53 Å². The number of carbonyl (C=O) groups excluding carboxylic acids is 1. The van der Waals surface area contributed by atoms with Crippen LogP contribution >= 0.6 is 0 Å². The third kappa shape index (κ3) is 2.50. The lowest BCUT2D eigenvalue weighted by Gasteiger charge is -2.27. The zero-order chi connectivity index (χ0) is 8.10. The number of amides is 1. The molecule has 0 aromatic carbocycles. The van der Waals surface area contributed by atoms with Crippen molar-refractivity contribution in [3.05, 3.63) is 0 Å². The first-order valence-electron chi connectivity index (χ1n) is 3.98. The summed E-state index contributed by atoms with van der Waals surface area (Å²) in [5.74, 6) is 0.643. The summed E-state index contributed by atoms with van der Waals surface area (Å²) in [7, 11) is 1.72. The van der Waals surface area contributed by atoms with Crippen molar-refractivity contribution in [1.82, 2.24) is 4.90 Å². The van der Waals surface area contributed by atoms with Crippen molar-refractivity contribution in [3.63, 3.8) is 0 Å². The van der Waals surface area contributed by atoms with Crippen LogP contribution in [0.2, 0.25) is 0 Å². The molecule has 3 nitrogen and oxygen atoms in total. The summed E-state index contributed by atoms with van der Waals surface area (Å²) in [4.78, 5) is 11.9. The number of nitrogens with zero attached hydrogens (tertiary/aromatic N) is 1. The summed E-state index contributed by atoms with van der Waals surface area (Å²) >= 11 is 0. The molecule has 1 radical (unpaired) electrons. The first-order chi connectivity index (χ1) is 5.36. The van der Waals surface area contributed by atoms with Gasteiger partial charge in [-0.15, -0.1) is 0 Å². The number of methoxy groups -OCH3 is 1. The van der Waals surface area contributed by atoms with Crippen molar-refractivity contribution in [2.45, 2.75) is 12.8 Å². The van der Waals surface area contributed by atoms with Gasteiger partial charge >= 0.3 is 6.41 Å². The minimum Gasteiger partial charge on any atom is -0.384 e. The Kier molecular flexibility index (Phi) is 3.36. The highest BCUT2D eigenvalue weighted by Gasteiger charge is 2.17. The largest absolute Gasteiger partial charge is 0.384 e. The molecule has 0 N–H and O–H groups in total. The fraction of sp³-hybridized carbons (Fsp3) is 0.875. The molecule has 1 aliphatic heterocycles. The molecule has 63 valence electrons. The fourth-order valence-electron chi connectivity index (χ4n) is 1.43. The zero-order valence-corrected chi connectivity index (χ0v) is 6.88. The smallest absolute Gasteiger partial charge is 0.312 e. The highest BCUT2D eigenvalue weighted by Crippen LogP contribution is 2.15. The molecule has 0 atom stereocenters. The Morgan fingerprint density at radius 1 is 1.55 bits per heavy atom. The van der Waals surface area contributed by atoms with E-state index < -0.39 is 0 Å². The maximum absolute atomic E-state index is 10.2. The normalized spacial score (nSPS) is 20.3. The average molecular weight is 156 g/mol. The van der Waals surface area contributed by atoms with Gasteiger partial charge in [0.1, 0.15) is 0 Å². The molecule has 3 heteroatoms. The van der Waals surface area contributed by atoms with Gasteiger partial charge in [0.25, 0.3) is 0 Å². The van der Waals surface area contributed by atoms with Crippen LogP contribution in [0, 0.1) is 5.92 Å². The highest BCUT2D eigenvalue weighted by molar-refractivity contribution is 5.48. The monoisotopic (exact) mass is 156 g/mol. The first kappa shape index (κ1) is 8.53. The number of hydrogen-bond donors (Lipinski definition) is 0. The van der Waals surface area contributed by atoms with Crippen molar-refractivity contribution in [3.8, 4) is 0 Å². The quantitative estimate of drug-likeness (QED) is 0.592. The second kappa shape index (κ2) is 4.34. The van der Waals surface area contributed by atoms with Crippen molar-refractivity contribution >= 4 is 6.41 Å². The number of ether oxygens (including phenoxy) is 1. The molecular formula is C8H14NO2. The second-order valence-electron chi connectivity index (χ2n) is 2.98. The van der Waals surface area contributed by atoms with Crippen LogP contribution in [-0.4, -0.2) is 38.1 Å². The standard InChI is InChI=1S/C8H14NO2/c1-11-6-8-2-4-9(7-10)5-3-8/h8H,2-6H2,1H3. The Morgan fingerprint density at radius 2 is 2.18 bits per heavy atom. The van der Waals surface area contributed by atoms with Crippen molar-refractivity contribution in [1.29, 1.82) is 0 Å². The third-order valence-corrected chi connectivity index (χ3v) is 2.15. The minimum absolute atomic E-state index is 0.643. The van der Waals surface area contributed by atoms with E-state index in [0.717, 1.165) is 32.5 Å². The van der Waals surface area contributed by atoms with E-state index in [9.17, 15) is 4.79 Å². The molecule has 0 saturated carbocycles. The Bertz CT molecular complexity index is 119. The van der Waals surface area contributed by atoms with Gasteiger partial charge in [-0.1, -0.05) is 0 Å². The lowest BCUT2D eigenvalue weighted by molar-refractivity contribution is 0.118. The molecule has 0 aromatic heterocycles. The first-order valence-corrected chi connectivity index (χ1v) is 3.98. The molecule has 1 rings (SSSR count). The van der Waals surface area contributed by atoms with Gasteiger partial charge < -0.3 is 9.64 Å². The molecule has 0 aliphatic carbocycles. The van der Waals surface area contributed by atoms with Crippen LogP contribution in [0.25, 0.3) is 0 Å². The van der Waals surface area contributed by atoms with Crippen LogP contribution in [0.4, 0.5) is 0 Å². The van der Waals surface area contributed by atoms with E-state index in [4.69, 9.17) is 4.74 Å². The average Bonchev–Trinajstić information content (AvgIpc) is 2.07. The molecular weight excluding hydrogens is 142 g/mol. The summed E-state index contributed by atoms with van der Waals surface area (Å²) in [6.07, 6.45) is 4.03. The van der Waals surface area contributed by atoms with Crippen molar-refractivity contribution in [2.24, 2.45) is 5.92 Å². The molecule has 1 fully saturated rings. The molecule has 0 spiro atoms. The molecule has 0 bridgehead atoms. The number of hydrogen-bond acceptors (Lipinski definition) is 2. The van der Waals surface area contributed by atoms with Gasteiger partial charge in [-0.25, -0.2) is 0 Å². The summed E-state index contributed by atoms with van der Waals surface area (Å²) < 4.78 is 5.03.